The Hall–Kier alpha value is -1.05. The zero-order valence-electron chi connectivity index (χ0n) is 10.1. The smallest absolute Gasteiger partial charge is 0.146 e. The molecule has 1 saturated carbocycles. The van der Waals surface area contributed by atoms with Gasteiger partial charge in [0.15, 0.2) is 0 Å². The molecule has 0 bridgehead atoms. The van der Waals surface area contributed by atoms with Gasteiger partial charge in [-0.05, 0) is 36.8 Å². The Balaban J connectivity index is 2.02. The van der Waals surface area contributed by atoms with Gasteiger partial charge >= 0.3 is 0 Å². The molecule has 1 N–H and O–H groups in total. The van der Waals surface area contributed by atoms with E-state index in [-0.39, 0.29) is 5.82 Å². The number of halogens is 1. The molecule has 1 aliphatic carbocycles. The quantitative estimate of drug-likeness (QED) is 0.789. The minimum absolute atomic E-state index is 0.147. The van der Waals surface area contributed by atoms with E-state index in [0.717, 1.165) is 12.8 Å². The maximum Gasteiger partial charge on any atom is 0.146 e. The first-order valence-electron chi connectivity index (χ1n) is 6.08. The number of anilines is 1. The van der Waals surface area contributed by atoms with Crippen molar-refractivity contribution >= 4 is 5.69 Å². The molecule has 2 heteroatoms. The Morgan fingerprint density at radius 2 is 2.06 bits per heavy atom. The number of nitrogens with one attached hydrogen (secondary N) is 1. The third kappa shape index (κ3) is 2.75. The highest BCUT2D eigenvalue weighted by molar-refractivity contribution is 5.45. The predicted molar refractivity (Wildman–Crippen MR) is 66.1 cm³/mol. The van der Waals surface area contributed by atoms with E-state index in [1.54, 1.807) is 6.07 Å². The third-order valence-corrected chi connectivity index (χ3v) is 3.44. The molecule has 0 heterocycles. The van der Waals surface area contributed by atoms with E-state index >= 15 is 0 Å². The molecular formula is C14H20FN. The summed E-state index contributed by atoms with van der Waals surface area (Å²) in [5, 5.41) is 3.33. The first-order valence-corrected chi connectivity index (χ1v) is 6.08. The standard InChI is InChI=1S/C14H20FN/c1-14(2)9-5-6-11(10-14)16-13-8-4-3-7-12(13)15/h3-4,7-8,11,16H,5-6,9-10H2,1-2H3. The normalized spacial score (nSPS) is 24.1. The third-order valence-electron chi connectivity index (χ3n) is 3.44. The van der Waals surface area contributed by atoms with E-state index in [4.69, 9.17) is 0 Å². The minimum atomic E-state index is -0.147. The summed E-state index contributed by atoms with van der Waals surface area (Å²) in [5.41, 5.74) is 1.03. The lowest BCUT2D eigenvalue weighted by Gasteiger charge is -2.36. The Morgan fingerprint density at radius 3 is 2.75 bits per heavy atom. The van der Waals surface area contributed by atoms with Crippen LogP contribution in [0.2, 0.25) is 0 Å². The fourth-order valence-electron chi connectivity index (χ4n) is 2.62. The van der Waals surface area contributed by atoms with Gasteiger partial charge in [0, 0.05) is 6.04 Å². The van der Waals surface area contributed by atoms with Crippen LogP contribution in [0, 0.1) is 11.2 Å². The molecule has 0 spiro atoms. The van der Waals surface area contributed by atoms with Gasteiger partial charge < -0.3 is 5.32 Å². The van der Waals surface area contributed by atoms with Crippen LogP contribution in [0.5, 0.6) is 0 Å². The van der Waals surface area contributed by atoms with Crippen LogP contribution >= 0.6 is 0 Å². The van der Waals surface area contributed by atoms with Crippen molar-refractivity contribution in [1.29, 1.82) is 0 Å². The molecular weight excluding hydrogens is 201 g/mol. The van der Waals surface area contributed by atoms with Crippen molar-refractivity contribution < 1.29 is 4.39 Å². The Kier molecular flexibility index (Phi) is 3.17. The molecule has 1 unspecified atom stereocenters. The molecule has 1 aliphatic rings. The number of hydrogen-bond acceptors (Lipinski definition) is 1. The molecule has 0 radical (unpaired) electrons. The summed E-state index contributed by atoms with van der Waals surface area (Å²) < 4.78 is 13.5. The lowest BCUT2D eigenvalue weighted by atomic mass is 9.75. The van der Waals surface area contributed by atoms with Crippen molar-refractivity contribution in [3.63, 3.8) is 0 Å². The Bertz CT molecular complexity index is 360. The average Bonchev–Trinajstić information content (AvgIpc) is 2.20. The molecule has 0 amide bonds. The number of para-hydroxylation sites is 1. The Morgan fingerprint density at radius 1 is 1.31 bits per heavy atom. The maximum atomic E-state index is 13.5. The van der Waals surface area contributed by atoms with Crippen LogP contribution in [0.3, 0.4) is 0 Å². The zero-order chi connectivity index (χ0) is 11.6. The molecule has 1 nitrogen and oxygen atoms in total. The van der Waals surface area contributed by atoms with Crippen LogP contribution in [-0.2, 0) is 0 Å². The summed E-state index contributed by atoms with van der Waals surface area (Å²) in [6.07, 6.45) is 4.79. The zero-order valence-corrected chi connectivity index (χ0v) is 10.1. The molecule has 1 aromatic carbocycles. The second-order valence-corrected chi connectivity index (χ2v) is 5.58. The van der Waals surface area contributed by atoms with Gasteiger partial charge in [-0.2, -0.15) is 0 Å². The van der Waals surface area contributed by atoms with Gasteiger partial charge in [0.1, 0.15) is 5.82 Å². The number of hydrogen-bond donors (Lipinski definition) is 1. The van der Waals surface area contributed by atoms with Crippen molar-refractivity contribution in [2.24, 2.45) is 5.41 Å². The molecule has 0 aromatic heterocycles. The van der Waals surface area contributed by atoms with E-state index in [2.05, 4.69) is 19.2 Å². The summed E-state index contributed by atoms with van der Waals surface area (Å²) >= 11 is 0. The lowest BCUT2D eigenvalue weighted by Crippen LogP contribution is -2.31. The van der Waals surface area contributed by atoms with Crippen molar-refractivity contribution in [3.05, 3.63) is 30.1 Å². The largest absolute Gasteiger partial charge is 0.380 e. The summed E-state index contributed by atoms with van der Waals surface area (Å²) in [6.45, 7) is 4.59. The second kappa shape index (κ2) is 4.44. The molecule has 0 saturated heterocycles. The van der Waals surface area contributed by atoms with Crippen LogP contribution in [0.15, 0.2) is 24.3 Å². The van der Waals surface area contributed by atoms with E-state index < -0.39 is 0 Å². The molecule has 1 aromatic rings. The molecule has 16 heavy (non-hydrogen) atoms. The van der Waals surface area contributed by atoms with Gasteiger partial charge in [-0.1, -0.05) is 32.4 Å². The summed E-state index contributed by atoms with van der Waals surface area (Å²) in [4.78, 5) is 0. The first-order chi connectivity index (χ1) is 7.57. The van der Waals surface area contributed by atoms with Crippen LogP contribution in [0.4, 0.5) is 10.1 Å². The van der Waals surface area contributed by atoms with Crippen LogP contribution in [-0.4, -0.2) is 6.04 Å². The van der Waals surface area contributed by atoms with Crippen LogP contribution in [0.25, 0.3) is 0 Å². The van der Waals surface area contributed by atoms with Gasteiger partial charge in [0.25, 0.3) is 0 Å². The molecule has 1 fully saturated rings. The van der Waals surface area contributed by atoms with Crippen LogP contribution < -0.4 is 5.32 Å². The van der Waals surface area contributed by atoms with Gasteiger partial charge in [0.2, 0.25) is 0 Å². The molecule has 0 aliphatic heterocycles. The van der Waals surface area contributed by atoms with E-state index in [0.29, 0.717) is 17.1 Å². The fraction of sp³-hybridized carbons (Fsp3) is 0.571. The summed E-state index contributed by atoms with van der Waals surface area (Å²) in [6, 6.07) is 7.35. The summed E-state index contributed by atoms with van der Waals surface area (Å²) in [5.74, 6) is -0.147. The van der Waals surface area contributed by atoms with E-state index in [9.17, 15) is 4.39 Å². The predicted octanol–water partition coefficient (Wildman–Crippen LogP) is 4.21. The van der Waals surface area contributed by atoms with E-state index in [1.807, 2.05) is 12.1 Å². The fourth-order valence-corrected chi connectivity index (χ4v) is 2.62. The topological polar surface area (TPSA) is 12.0 Å². The number of benzene rings is 1. The van der Waals surface area contributed by atoms with Gasteiger partial charge in [-0.15, -0.1) is 0 Å². The van der Waals surface area contributed by atoms with Gasteiger partial charge in [-0.25, -0.2) is 4.39 Å². The first kappa shape index (κ1) is 11.4. The Labute approximate surface area is 97.1 Å². The highest BCUT2D eigenvalue weighted by Crippen LogP contribution is 2.36. The van der Waals surface area contributed by atoms with Crippen LogP contribution in [0.1, 0.15) is 39.5 Å². The van der Waals surface area contributed by atoms with Gasteiger partial charge in [0.05, 0.1) is 5.69 Å². The lowest BCUT2D eigenvalue weighted by molar-refractivity contribution is 0.229. The van der Waals surface area contributed by atoms with Crippen molar-refractivity contribution in [1.82, 2.24) is 0 Å². The van der Waals surface area contributed by atoms with Crippen molar-refractivity contribution in [2.45, 2.75) is 45.6 Å². The monoisotopic (exact) mass is 221 g/mol. The minimum Gasteiger partial charge on any atom is -0.380 e. The highest BCUT2D eigenvalue weighted by Gasteiger charge is 2.28. The molecule has 2 rings (SSSR count). The second-order valence-electron chi connectivity index (χ2n) is 5.58. The SMILES string of the molecule is CC1(C)CCCC(Nc2ccccc2F)C1. The molecule has 88 valence electrons. The summed E-state index contributed by atoms with van der Waals surface area (Å²) in [7, 11) is 0. The van der Waals surface area contributed by atoms with Crippen molar-refractivity contribution in [2.75, 3.05) is 5.32 Å². The van der Waals surface area contributed by atoms with E-state index in [1.165, 1.54) is 18.9 Å². The highest BCUT2D eigenvalue weighted by atomic mass is 19.1. The van der Waals surface area contributed by atoms with Gasteiger partial charge in [-0.3, -0.25) is 0 Å². The average molecular weight is 221 g/mol. The molecule has 1 atom stereocenters. The number of rotatable bonds is 2. The van der Waals surface area contributed by atoms with Crippen molar-refractivity contribution in [3.8, 4) is 0 Å². The maximum absolute atomic E-state index is 13.5.